The topological polar surface area (TPSA) is 60.4 Å². The zero-order chi connectivity index (χ0) is 22.4. The molecule has 32 heavy (non-hydrogen) atoms. The van der Waals surface area contributed by atoms with E-state index in [0.29, 0.717) is 12.5 Å². The van der Waals surface area contributed by atoms with Gasteiger partial charge in [0.1, 0.15) is 5.75 Å². The highest BCUT2D eigenvalue weighted by molar-refractivity contribution is 5.80. The number of likely N-dealkylation sites (tertiary alicyclic amines) is 1. The van der Waals surface area contributed by atoms with E-state index in [4.69, 9.17) is 4.74 Å². The Bertz CT molecular complexity index is 791. The smallest absolute Gasteiger partial charge is 0.236 e. The van der Waals surface area contributed by atoms with E-state index in [9.17, 15) is 4.79 Å². The van der Waals surface area contributed by atoms with Crippen LogP contribution in [0.4, 0.5) is 0 Å². The number of piperazine rings is 1. The average Bonchev–Trinajstić information content (AvgIpc) is 3.54. The van der Waals surface area contributed by atoms with Crippen molar-refractivity contribution in [1.82, 2.24) is 20.0 Å². The van der Waals surface area contributed by atoms with Crippen molar-refractivity contribution in [3.63, 3.8) is 0 Å². The van der Waals surface area contributed by atoms with Crippen LogP contribution in [-0.4, -0.2) is 93.1 Å². The number of guanidine groups is 1. The van der Waals surface area contributed by atoms with Crippen molar-refractivity contribution in [3.05, 3.63) is 29.8 Å². The number of benzene rings is 1. The molecule has 176 valence electrons. The lowest BCUT2D eigenvalue weighted by molar-refractivity contribution is -0.131. The van der Waals surface area contributed by atoms with Gasteiger partial charge < -0.3 is 19.9 Å². The van der Waals surface area contributed by atoms with Gasteiger partial charge in [0, 0.05) is 58.3 Å². The van der Waals surface area contributed by atoms with Gasteiger partial charge in [-0.3, -0.25) is 14.7 Å². The van der Waals surface area contributed by atoms with E-state index in [1.165, 1.54) is 31.2 Å². The molecule has 1 aliphatic carbocycles. The van der Waals surface area contributed by atoms with Gasteiger partial charge in [0.25, 0.3) is 0 Å². The highest BCUT2D eigenvalue weighted by Crippen LogP contribution is 2.41. The van der Waals surface area contributed by atoms with E-state index in [2.05, 4.69) is 38.3 Å². The summed E-state index contributed by atoms with van der Waals surface area (Å²) in [6.45, 7) is 6.93. The summed E-state index contributed by atoms with van der Waals surface area (Å²) < 4.78 is 5.49. The maximum Gasteiger partial charge on any atom is 0.236 e. The van der Waals surface area contributed by atoms with Crippen LogP contribution < -0.4 is 10.1 Å². The predicted octanol–water partition coefficient (Wildman–Crippen LogP) is 2.32. The zero-order valence-corrected chi connectivity index (χ0v) is 19.8. The zero-order valence-electron chi connectivity index (χ0n) is 19.8. The molecule has 2 heterocycles. The maximum absolute atomic E-state index is 12.5. The fourth-order valence-corrected chi connectivity index (χ4v) is 5.53. The molecule has 1 aromatic carbocycles. The molecule has 0 aromatic heterocycles. The highest BCUT2D eigenvalue weighted by atomic mass is 16.5. The molecule has 0 bridgehead atoms. The summed E-state index contributed by atoms with van der Waals surface area (Å²) in [6.07, 6.45) is 7.22. The summed E-state index contributed by atoms with van der Waals surface area (Å²) in [5.74, 6) is 2.20. The quantitative estimate of drug-likeness (QED) is 0.542. The van der Waals surface area contributed by atoms with E-state index < -0.39 is 0 Å². The van der Waals surface area contributed by atoms with Crippen LogP contribution in [0, 0.1) is 0 Å². The largest absolute Gasteiger partial charge is 0.497 e. The summed E-state index contributed by atoms with van der Waals surface area (Å²) in [5, 5.41) is 3.70. The van der Waals surface area contributed by atoms with Crippen molar-refractivity contribution < 1.29 is 9.53 Å². The lowest BCUT2D eigenvalue weighted by Gasteiger charge is -2.38. The highest BCUT2D eigenvalue weighted by Gasteiger charge is 2.36. The standard InChI is InChI=1S/C25H39N5O2/c1-26-24(30-16-14-28(15-17-30)19-23(31)29-12-5-6-13-29)27-20-25(10-3-4-11-25)21-8-7-9-22(18-21)32-2/h7-9,18H,3-6,10-17,19-20H2,1-2H3,(H,26,27). The van der Waals surface area contributed by atoms with E-state index in [-0.39, 0.29) is 5.41 Å². The molecule has 2 saturated heterocycles. The number of nitrogens with zero attached hydrogens (tertiary/aromatic N) is 4. The van der Waals surface area contributed by atoms with Crippen molar-refractivity contribution in [1.29, 1.82) is 0 Å². The minimum absolute atomic E-state index is 0.133. The van der Waals surface area contributed by atoms with Gasteiger partial charge in [-0.15, -0.1) is 0 Å². The molecule has 0 radical (unpaired) electrons. The minimum Gasteiger partial charge on any atom is -0.497 e. The number of carbonyl (C=O) groups is 1. The van der Waals surface area contributed by atoms with Crippen LogP contribution in [0.15, 0.2) is 29.3 Å². The number of hydrogen-bond donors (Lipinski definition) is 1. The number of hydrogen-bond acceptors (Lipinski definition) is 4. The molecule has 0 atom stereocenters. The molecular formula is C25H39N5O2. The number of aliphatic imine (C=N–C) groups is 1. The van der Waals surface area contributed by atoms with E-state index in [0.717, 1.165) is 70.4 Å². The Morgan fingerprint density at radius 2 is 1.75 bits per heavy atom. The third-order valence-corrected chi connectivity index (χ3v) is 7.53. The first kappa shape index (κ1) is 22.9. The Kier molecular flexibility index (Phi) is 7.55. The van der Waals surface area contributed by atoms with Gasteiger partial charge in [-0.05, 0) is 43.4 Å². The van der Waals surface area contributed by atoms with Crippen LogP contribution in [0.2, 0.25) is 0 Å². The summed E-state index contributed by atoms with van der Waals surface area (Å²) in [4.78, 5) is 23.7. The number of carbonyl (C=O) groups excluding carboxylic acids is 1. The van der Waals surface area contributed by atoms with Gasteiger partial charge in [-0.2, -0.15) is 0 Å². The number of amides is 1. The Labute approximate surface area is 192 Å². The monoisotopic (exact) mass is 441 g/mol. The van der Waals surface area contributed by atoms with Crippen LogP contribution in [0.5, 0.6) is 5.75 Å². The van der Waals surface area contributed by atoms with Crippen LogP contribution in [0.1, 0.15) is 44.1 Å². The second kappa shape index (κ2) is 10.6. The van der Waals surface area contributed by atoms with Crippen molar-refractivity contribution in [2.24, 2.45) is 4.99 Å². The molecule has 2 aliphatic heterocycles. The normalized spacial score (nSPS) is 21.8. The number of nitrogens with one attached hydrogen (secondary N) is 1. The fraction of sp³-hybridized carbons (Fsp3) is 0.680. The molecule has 7 nitrogen and oxygen atoms in total. The number of rotatable bonds is 6. The molecule has 7 heteroatoms. The molecule has 1 aromatic rings. The van der Waals surface area contributed by atoms with Gasteiger partial charge in [0.15, 0.2) is 5.96 Å². The summed E-state index contributed by atoms with van der Waals surface area (Å²) >= 11 is 0. The first-order valence-electron chi connectivity index (χ1n) is 12.2. The Balaban J connectivity index is 1.32. The summed E-state index contributed by atoms with van der Waals surface area (Å²) in [6, 6.07) is 8.57. The second-order valence-corrected chi connectivity index (χ2v) is 9.47. The van der Waals surface area contributed by atoms with E-state index in [1.807, 2.05) is 18.0 Å². The molecule has 1 N–H and O–H groups in total. The molecule has 4 rings (SSSR count). The van der Waals surface area contributed by atoms with Gasteiger partial charge in [-0.25, -0.2) is 0 Å². The van der Waals surface area contributed by atoms with Crippen molar-refractivity contribution in [2.45, 2.75) is 43.9 Å². The molecule has 1 amide bonds. The SMILES string of the molecule is CN=C(NCC1(c2cccc(OC)c2)CCCC1)N1CCN(CC(=O)N2CCCC2)CC1. The predicted molar refractivity (Wildman–Crippen MR) is 128 cm³/mol. The van der Waals surface area contributed by atoms with Crippen LogP contribution in [0.3, 0.4) is 0 Å². The molecule has 1 saturated carbocycles. The summed E-state index contributed by atoms with van der Waals surface area (Å²) in [7, 11) is 3.61. The average molecular weight is 442 g/mol. The Morgan fingerprint density at radius 1 is 1.03 bits per heavy atom. The maximum atomic E-state index is 12.5. The van der Waals surface area contributed by atoms with Gasteiger partial charge in [-0.1, -0.05) is 25.0 Å². The van der Waals surface area contributed by atoms with Crippen molar-refractivity contribution in [2.75, 3.05) is 66.5 Å². The van der Waals surface area contributed by atoms with E-state index >= 15 is 0 Å². The third-order valence-electron chi connectivity index (χ3n) is 7.53. The van der Waals surface area contributed by atoms with Crippen LogP contribution >= 0.6 is 0 Å². The lowest BCUT2D eigenvalue weighted by atomic mass is 9.78. The molecule has 3 fully saturated rings. The van der Waals surface area contributed by atoms with Crippen LogP contribution in [0.25, 0.3) is 0 Å². The Hall–Kier alpha value is -2.28. The third kappa shape index (κ3) is 5.20. The fourth-order valence-electron chi connectivity index (χ4n) is 5.53. The van der Waals surface area contributed by atoms with Crippen molar-refractivity contribution >= 4 is 11.9 Å². The first-order chi connectivity index (χ1) is 15.6. The van der Waals surface area contributed by atoms with Gasteiger partial charge >= 0.3 is 0 Å². The second-order valence-electron chi connectivity index (χ2n) is 9.47. The first-order valence-corrected chi connectivity index (χ1v) is 12.2. The number of ether oxygens (including phenoxy) is 1. The van der Waals surface area contributed by atoms with Crippen molar-refractivity contribution in [3.8, 4) is 5.75 Å². The molecule has 3 aliphatic rings. The van der Waals surface area contributed by atoms with Gasteiger partial charge in [0.05, 0.1) is 13.7 Å². The van der Waals surface area contributed by atoms with Gasteiger partial charge in [0.2, 0.25) is 5.91 Å². The minimum atomic E-state index is 0.133. The lowest BCUT2D eigenvalue weighted by Crippen LogP contribution is -2.55. The Morgan fingerprint density at radius 3 is 2.41 bits per heavy atom. The molecule has 0 unspecified atom stereocenters. The summed E-state index contributed by atoms with van der Waals surface area (Å²) in [5.41, 5.74) is 1.50. The molecule has 0 spiro atoms. The van der Waals surface area contributed by atoms with Crippen LogP contribution in [-0.2, 0) is 10.2 Å². The molecular weight excluding hydrogens is 402 g/mol. The van der Waals surface area contributed by atoms with E-state index in [1.54, 1.807) is 7.11 Å². The number of methoxy groups -OCH3 is 1.